The summed E-state index contributed by atoms with van der Waals surface area (Å²) in [6.07, 6.45) is 5.49. The van der Waals surface area contributed by atoms with Gasteiger partial charge in [-0.25, -0.2) is 4.79 Å². The second-order valence-electron chi connectivity index (χ2n) is 7.28. The summed E-state index contributed by atoms with van der Waals surface area (Å²) in [5.74, 6) is 0.744. The van der Waals surface area contributed by atoms with E-state index in [1.807, 2.05) is 30.3 Å². The SMILES string of the molecule is CCCCN(C(=O)OC1CC2CC[N+]1(C)CC2)c1ccccc1. The number of quaternary nitrogens is 1. The topological polar surface area (TPSA) is 29.5 Å². The summed E-state index contributed by atoms with van der Waals surface area (Å²) in [5.41, 5.74) is 0.935. The second-order valence-corrected chi connectivity index (χ2v) is 7.28. The highest BCUT2D eigenvalue weighted by Crippen LogP contribution is 2.37. The van der Waals surface area contributed by atoms with Crippen LogP contribution in [0.4, 0.5) is 10.5 Å². The normalized spacial score (nSPS) is 29.3. The molecule has 4 nitrogen and oxygen atoms in total. The molecule has 126 valence electrons. The van der Waals surface area contributed by atoms with Crippen molar-refractivity contribution in [2.75, 3.05) is 31.6 Å². The van der Waals surface area contributed by atoms with Crippen LogP contribution in [0.3, 0.4) is 0 Å². The molecule has 1 aromatic rings. The van der Waals surface area contributed by atoms with Gasteiger partial charge in [-0.3, -0.25) is 9.38 Å². The average molecular weight is 317 g/mol. The standard InChI is InChI=1S/C19H29N2O2/c1-3-4-12-20(17-8-6-5-7-9-17)19(22)23-18-15-16-10-13-21(18,2)14-11-16/h5-9,16,18H,3-4,10-15H2,1-2H3/q+1. The molecular weight excluding hydrogens is 288 g/mol. The summed E-state index contributed by atoms with van der Waals surface area (Å²) in [5, 5.41) is 0. The summed E-state index contributed by atoms with van der Waals surface area (Å²) < 4.78 is 6.90. The molecule has 3 heterocycles. The number of benzene rings is 1. The minimum absolute atomic E-state index is 0.0304. The first-order valence-corrected chi connectivity index (χ1v) is 9.00. The number of amides is 1. The van der Waals surface area contributed by atoms with Gasteiger partial charge < -0.3 is 4.74 Å². The minimum atomic E-state index is -0.179. The molecule has 1 amide bonds. The van der Waals surface area contributed by atoms with Crippen LogP contribution in [0.25, 0.3) is 0 Å². The van der Waals surface area contributed by atoms with E-state index < -0.39 is 0 Å². The number of ether oxygens (including phenoxy) is 1. The number of anilines is 1. The van der Waals surface area contributed by atoms with Gasteiger partial charge in [0.25, 0.3) is 0 Å². The fourth-order valence-electron chi connectivity index (χ4n) is 3.88. The molecule has 4 rings (SSSR count). The quantitative estimate of drug-likeness (QED) is 0.768. The van der Waals surface area contributed by atoms with Crippen molar-refractivity contribution in [3.05, 3.63) is 30.3 Å². The number of carbonyl (C=O) groups is 1. The smallest absolute Gasteiger partial charge is 0.396 e. The van der Waals surface area contributed by atoms with Crippen molar-refractivity contribution < 1.29 is 14.0 Å². The zero-order valence-electron chi connectivity index (χ0n) is 14.4. The van der Waals surface area contributed by atoms with Crippen LogP contribution in [-0.2, 0) is 4.74 Å². The van der Waals surface area contributed by atoms with Crippen molar-refractivity contribution in [2.24, 2.45) is 5.92 Å². The number of carbonyl (C=O) groups excluding carboxylic acids is 1. The Hall–Kier alpha value is -1.55. The molecule has 1 atom stereocenters. The average Bonchev–Trinajstić information content (AvgIpc) is 2.57. The highest BCUT2D eigenvalue weighted by molar-refractivity contribution is 5.87. The fourth-order valence-corrected chi connectivity index (χ4v) is 3.88. The van der Waals surface area contributed by atoms with Gasteiger partial charge in [-0.2, -0.15) is 0 Å². The van der Waals surface area contributed by atoms with E-state index in [2.05, 4.69) is 14.0 Å². The number of unbranched alkanes of at least 4 members (excludes halogenated alkanes) is 1. The van der Waals surface area contributed by atoms with Crippen LogP contribution >= 0.6 is 0 Å². The van der Waals surface area contributed by atoms with E-state index in [-0.39, 0.29) is 12.3 Å². The van der Waals surface area contributed by atoms with Gasteiger partial charge in [0.05, 0.1) is 20.1 Å². The highest BCUT2D eigenvalue weighted by Gasteiger charge is 2.47. The van der Waals surface area contributed by atoms with E-state index in [1.54, 1.807) is 4.90 Å². The Labute approximate surface area is 139 Å². The Morgan fingerprint density at radius 1 is 1.26 bits per heavy atom. The van der Waals surface area contributed by atoms with Crippen LogP contribution in [0.2, 0.25) is 0 Å². The van der Waals surface area contributed by atoms with E-state index in [0.29, 0.717) is 0 Å². The van der Waals surface area contributed by atoms with E-state index in [9.17, 15) is 4.79 Å². The predicted octanol–water partition coefficient (Wildman–Crippen LogP) is 4.02. The zero-order valence-corrected chi connectivity index (χ0v) is 14.4. The number of nitrogens with zero attached hydrogens (tertiary/aromatic N) is 2. The molecule has 0 saturated carbocycles. The first kappa shape index (κ1) is 16.3. The first-order chi connectivity index (χ1) is 11.1. The molecule has 0 N–H and O–H groups in total. The number of para-hydroxylation sites is 1. The lowest BCUT2D eigenvalue weighted by Crippen LogP contribution is -2.63. The molecule has 4 heteroatoms. The number of rotatable bonds is 5. The Kier molecular flexibility index (Phi) is 4.90. The van der Waals surface area contributed by atoms with Crippen LogP contribution in [0.15, 0.2) is 30.3 Å². The molecule has 2 bridgehead atoms. The lowest BCUT2D eigenvalue weighted by molar-refractivity contribution is -0.967. The van der Waals surface area contributed by atoms with Gasteiger partial charge in [0.1, 0.15) is 0 Å². The van der Waals surface area contributed by atoms with Crippen molar-refractivity contribution in [1.29, 1.82) is 0 Å². The van der Waals surface area contributed by atoms with E-state index >= 15 is 0 Å². The predicted molar refractivity (Wildman–Crippen MR) is 92.2 cm³/mol. The van der Waals surface area contributed by atoms with Gasteiger partial charge in [-0.15, -0.1) is 0 Å². The molecule has 1 aromatic carbocycles. The van der Waals surface area contributed by atoms with Crippen molar-refractivity contribution >= 4 is 11.8 Å². The molecule has 3 fully saturated rings. The highest BCUT2D eigenvalue weighted by atomic mass is 16.6. The van der Waals surface area contributed by atoms with Crippen molar-refractivity contribution in [3.63, 3.8) is 0 Å². The molecule has 1 unspecified atom stereocenters. The third-order valence-corrected chi connectivity index (χ3v) is 5.59. The lowest BCUT2D eigenvalue weighted by Gasteiger charge is -2.50. The monoisotopic (exact) mass is 317 g/mol. The maximum absolute atomic E-state index is 12.8. The lowest BCUT2D eigenvalue weighted by atomic mass is 9.85. The van der Waals surface area contributed by atoms with Crippen molar-refractivity contribution in [2.45, 2.75) is 45.3 Å². The molecular formula is C19H29N2O2+. The molecule has 0 aromatic heterocycles. The van der Waals surface area contributed by atoms with Gasteiger partial charge in [0.15, 0.2) is 0 Å². The number of hydrogen-bond donors (Lipinski definition) is 0. The molecule has 0 radical (unpaired) electrons. The third-order valence-electron chi connectivity index (χ3n) is 5.59. The van der Waals surface area contributed by atoms with Crippen LogP contribution in [0, 0.1) is 5.92 Å². The Bertz CT molecular complexity index is 523. The Morgan fingerprint density at radius 2 is 1.96 bits per heavy atom. The maximum atomic E-state index is 12.8. The van der Waals surface area contributed by atoms with Gasteiger partial charge in [-0.1, -0.05) is 31.5 Å². The van der Waals surface area contributed by atoms with Crippen molar-refractivity contribution in [1.82, 2.24) is 0 Å². The van der Waals surface area contributed by atoms with Gasteiger partial charge >= 0.3 is 6.09 Å². The van der Waals surface area contributed by atoms with Gasteiger partial charge in [0, 0.05) is 31.5 Å². The van der Waals surface area contributed by atoms with E-state index in [1.165, 1.54) is 12.8 Å². The molecule has 0 aliphatic carbocycles. The van der Waals surface area contributed by atoms with Crippen LogP contribution in [-0.4, -0.2) is 43.5 Å². The Morgan fingerprint density at radius 3 is 2.57 bits per heavy atom. The maximum Gasteiger partial charge on any atom is 0.418 e. The van der Waals surface area contributed by atoms with Crippen LogP contribution in [0.5, 0.6) is 0 Å². The molecule has 3 saturated heterocycles. The van der Waals surface area contributed by atoms with Crippen LogP contribution < -0.4 is 4.90 Å². The van der Waals surface area contributed by atoms with E-state index in [0.717, 1.165) is 55.0 Å². The van der Waals surface area contributed by atoms with Gasteiger partial charge in [-0.05, 0) is 24.5 Å². The number of piperidine rings is 3. The molecule has 3 aliphatic rings. The molecule has 0 spiro atoms. The summed E-state index contributed by atoms with van der Waals surface area (Å²) in [6, 6.07) is 9.90. The third kappa shape index (κ3) is 3.52. The summed E-state index contributed by atoms with van der Waals surface area (Å²) in [4.78, 5) is 14.6. The number of fused-ring (bicyclic) bond motifs is 3. The Balaban J connectivity index is 1.71. The summed E-state index contributed by atoms with van der Waals surface area (Å²) in [6.45, 7) is 5.15. The molecule has 23 heavy (non-hydrogen) atoms. The fraction of sp³-hybridized carbons (Fsp3) is 0.632. The van der Waals surface area contributed by atoms with Crippen LogP contribution in [0.1, 0.15) is 39.0 Å². The molecule has 3 aliphatic heterocycles. The van der Waals surface area contributed by atoms with E-state index in [4.69, 9.17) is 4.74 Å². The minimum Gasteiger partial charge on any atom is -0.396 e. The largest absolute Gasteiger partial charge is 0.418 e. The van der Waals surface area contributed by atoms with Gasteiger partial charge in [0.2, 0.25) is 6.23 Å². The second kappa shape index (κ2) is 6.91. The summed E-state index contributed by atoms with van der Waals surface area (Å²) in [7, 11) is 2.24. The summed E-state index contributed by atoms with van der Waals surface area (Å²) >= 11 is 0. The zero-order chi connectivity index (χ0) is 16.3. The van der Waals surface area contributed by atoms with Crippen molar-refractivity contribution in [3.8, 4) is 0 Å². The first-order valence-electron chi connectivity index (χ1n) is 9.00. The number of hydrogen-bond acceptors (Lipinski definition) is 2.